The Morgan fingerprint density at radius 1 is 1.39 bits per heavy atom. The van der Waals surface area contributed by atoms with E-state index in [1.165, 1.54) is 12.1 Å². The molecule has 1 saturated heterocycles. The standard InChI is InChI=1S/C13H17BrF2N2/c1-2-5-18(9-6-17-7-9)8-10-12(15)4-3-11(14)13(10)16/h3-4,9,17H,2,5-8H2,1H3. The van der Waals surface area contributed by atoms with Gasteiger partial charge in [0.1, 0.15) is 11.6 Å². The molecule has 0 radical (unpaired) electrons. The van der Waals surface area contributed by atoms with Gasteiger partial charge in [-0.3, -0.25) is 4.90 Å². The highest BCUT2D eigenvalue weighted by atomic mass is 79.9. The van der Waals surface area contributed by atoms with Crippen LogP contribution in [-0.2, 0) is 6.54 Å². The quantitative estimate of drug-likeness (QED) is 0.840. The predicted molar refractivity (Wildman–Crippen MR) is 71.4 cm³/mol. The largest absolute Gasteiger partial charge is 0.314 e. The van der Waals surface area contributed by atoms with Crippen molar-refractivity contribution in [1.29, 1.82) is 0 Å². The number of nitrogens with zero attached hydrogens (tertiary/aromatic N) is 1. The third kappa shape index (κ3) is 2.90. The summed E-state index contributed by atoms with van der Waals surface area (Å²) in [7, 11) is 0. The van der Waals surface area contributed by atoms with E-state index in [0.29, 0.717) is 17.1 Å². The van der Waals surface area contributed by atoms with Crippen LogP contribution in [0.3, 0.4) is 0 Å². The van der Waals surface area contributed by atoms with E-state index >= 15 is 0 Å². The Bertz CT molecular complexity index is 422. The van der Waals surface area contributed by atoms with Crippen LogP contribution in [0.4, 0.5) is 8.78 Å². The van der Waals surface area contributed by atoms with Crippen molar-refractivity contribution in [3.8, 4) is 0 Å². The first-order chi connectivity index (χ1) is 8.63. The van der Waals surface area contributed by atoms with Crippen LogP contribution in [-0.4, -0.2) is 30.6 Å². The summed E-state index contributed by atoms with van der Waals surface area (Å²) in [6.45, 7) is 5.07. The molecule has 5 heteroatoms. The van der Waals surface area contributed by atoms with E-state index in [2.05, 4.69) is 33.1 Å². The van der Waals surface area contributed by atoms with E-state index in [9.17, 15) is 8.78 Å². The number of hydrogen-bond acceptors (Lipinski definition) is 2. The smallest absolute Gasteiger partial charge is 0.144 e. The van der Waals surface area contributed by atoms with Crippen molar-refractivity contribution in [2.75, 3.05) is 19.6 Å². The molecule has 0 aliphatic carbocycles. The molecule has 0 unspecified atom stereocenters. The molecule has 1 aliphatic rings. The Hall–Kier alpha value is -0.520. The molecule has 1 N–H and O–H groups in total. The number of halogens is 3. The van der Waals surface area contributed by atoms with Gasteiger partial charge in [0, 0.05) is 31.2 Å². The Morgan fingerprint density at radius 3 is 2.67 bits per heavy atom. The van der Waals surface area contributed by atoms with E-state index in [0.717, 1.165) is 26.1 Å². The van der Waals surface area contributed by atoms with Gasteiger partial charge in [-0.05, 0) is 41.0 Å². The normalized spacial score (nSPS) is 16.1. The van der Waals surface area contributed by atoms with Gasteiger partial charge in [0.05, 0.1) is 4.47 Å². The minimum absolute atomic E-state index is 0.157. The van der Waals surface area contributed by atoms with Crippen molar-refractivity contribution >= 4 is 15.9 Å². The van der Waals surface area contributed by atoms with Crippen molar-refractivity contribution in [3.05, 3.63) is 33.8 Å². The Labute approximate surface area is 114 Å². The Kier molecular flexibility index (Phi) is 4.70. The van der Waals surface area contributed by atoms with Gasteiger partial charge in [0.25, 0.3) is 0 Å². The molecule has 100 valence electrons. The minimum atomic E-state index is -0.483. The molecule has 18 heavy (non-hydrogen) atoms. The maximum atomic E-state index is 13.9. The fraction of sp³-hybridized carbons (Fsp3) is 0.538. The summed E-state index contributed by atoms with van der Waals surface area (Å²) >= 11 is 3.10. The van der Waals surface area contributed by atoms with Crippen molar-refractivity contribution in [2.45, 2.75) is 25.9 Å². The third-order valence-corrected chi connectivity index (χ3v) is 3.90. The van der Waals surface area contributed by atoms with Gasteiger partial charge in [-0.2, -0.15) is 0 Å². The average molecular weight is 319 g/mol. The average Bonchev–Trinajstić information content (AvgIpc) is 2.27. The van der Waals surface area contributed by atoms with Gasteiger partial charge in [-0.15, -0.1) is 0 Å². The Balaban J connectivity index is 2.17. The molecule has 0 aromatic heterocycles. The molecule has 1 fully saturated rings. The van der Waals surface area contributed by atoms with Crippen LogP contribution in [0.1, 0.15) is 18.9 Å². The lowest BCUT2D eigenvalue weighted by molar-refractivity contribution is 0.134. The molecule has 1 heterocycles. The van der Waals surface area contributed by atoms with Gasteiger partial charge in [0.15, 0.2) is 0 Å². The zero-order chi connectivity index (χ0) is 13.1. The van der Waals surface area contributed by atoms with Crippen LogP contribution in [0, 0.1) is 11.6 Å². The molecular formula is C13H17BrF2N2. The van der Waals surface area contributed by atoms with Gasteiger partial charge >= 0.3 is 0 Å². The number of hydrogen-bond donors (Lipinski definition) is 1. The molecule has 0 saturated carbocycles. The van der Waals surface area contributed by atoms with E-state index in [-0.39, 0.29) is 5.56 Å². The second kappa shape index (κ2) is 6.08. The van der Waals surface area contributed by atoms with E-state index in [1.54, 1.807) is 0 Å². The van der Waals surface area contributed by atoms with Crippen LogP contribution in [0.2, 0.25) is 0 Å². The Morgan fingerprint density at radius 2 is 2.11 bits per heavy atom. The zero-order valence-electron chi connectivity index (χ0n) is 10.3. The molecule has 0 bridgehead atoms. The zero-order valence-corrected chi connectivity index (χ0v) is 11.9. The number of rotatable bonds is 5. The highest BCUT2D eigenvalue weighted by Gasteiger charge is 2.26. The SMILES string of the molecule is CCCN(Cc1c(F)ccc(Br)c1F)C1CNC1. The summed E-state index contributed by atoms with van der Waals surface area (Å²) in [5, 5.41) is 3.19. The first-order valence-corrected chi connectivity index (χ1v) is 7.00. The highest BCUT2D eigenvalue weighted by molar-refractivity contribution is 9.10. The molecule has 0 amide bonds. The summed E-state index contributed by atoms with van der Waals surface area (Å²) in [5.74, 6) is -0.951. The first-order valence-electron chi connectivity index (χ1n) is 6.20. The summed E-state index contributed by atoms with van der Waals surface area (Å²) in [6.07, 6.45) is 0.980. The van der Waals surface area contributed by atoms with Crippen LogP contribution < -0.4 is 5.32 Å². The molecular weight excluding hydrogens is 302 g/mol. The maximum absolute atomic E-state index is 13.9. The summed E-state index contributed by atoms with van der Waals surface area (Å²) in [6, 6.07) is 3.11. The molecule has 2 nitrogen and oxygen atoms in total. The second-order valence-electron chi connectivity index (χ2n) is 4.60. The molecule has 0 spiro atoms. The fourth-order valence-corrected chi connectivity index (χ4v) is 2.50. The van der Waals surface area contributed by atoms with Crippen molar-refractivity contribution in [1.82, 2.24) is 10.2 Å². The summed E-state index contributed by atoms with van der Waals surface area (Å²) < 4.78 is 28.0. The molecule has 2 rings (SSSR count). The van der Waals surface area contributed by atoms with Gasteiger partial charge < -0.3 is 5.32 Å². The third-order valence-electron chi connectivity index (χ3n) is 3.29. The van der Waals surface area contributed by atoms with Crippen molar-refractivity contribution in [3.63, 3.8) is 0 Å². The van der Waals surface area contributed by atoms with Crippen molar-refractivity contribution < 1.29 is 8.78 Å². The minimum Gasteiger partial charge on any atom is -0.314 e. The van der Waals surface area contributed by atoms with Crippen LogP contribution in [0.25, 0.3) is 0 Å². The van der Waals surface area contributed by atoms with Crippen LogP contribution in [0.15, 0.2) is 16.6 Å². The number of benzene rings is 1. The fourth-order valence-electron chi connectivity index (χ4n) is 2.13. The lowest BCUT2D eigenvalue weighted by atomic mass is 10.1. The molecule has 0 atom stereocenters. The number of nitrogens with one attached hydrogen (secondary N) is 1. The van der Waals surface area contributed by atoms with E-state index in [4.69, 9.17) is 0 Å². The van der Waals surface area contributed by atoms with Gasteiger partial charge in [0.2, 0.25) is 0 Å². The topological polar surface area (TPSA) is 15.3 Å². The van der Waals surface area contributed by atoms with Crippen LogP contribution >= 0.6 is 15.9 Å². The first kappa shape index (κ1) is 13.9. The maximum Gasteiger partial charge on any atom is 0.144 e. The monoisotopic (exact) mass is 318 g/mol. The highest BCUT2D eigenvalue weighted by Crippen LogP contribution is 2.24. The molecule has 1 aliphatic heterocycles. The molecule has 1 aromatic carbocycles. The van der Waals surface area contributed by atoms with E-state index < -0.39 is 11.6 Å². The summed E-state index contributed by atoms with van der Waals surface area (Å²) in [5.41, 5.74) is 0.157. The predicted octanol–water partition coefficient (Wildman–Crippen LogP) is 2.91. The van der Waals surface area contributed by atoms with Crippen molar-refractivity contribution in [2.24, 2.45) is 0 Å². The van der Waals surface area contributed by atoms with E-state index in [1.807, 2.05) is 0 Å². The van der Waals surface area contributed by atoms with Gasteiger partial charge in [-0.25, -0.2) is 8.78 Å². The summed E-state index contributed by atoms with van der Waals surface area (Å²) in [4.78, 5) is 2.14. The lowest BCUT2D eigenvalue weighted by Gasteiger charge is -2.38. The molecule has 1 aromatic rings. The lowest BCUT2D eigenvalue weighted by Crippen LogP contribution is -2.57. The second-order valence-corrected chi connectivity index (χ2v) is 5.46. The van der Waals surface area contributed by atoms with Gasteiger partial charge in [-0.1, -0.05) is 6.92 Å². The van der Waals surface area contributed by atoms with Crippen LogP contribution in [0.5, 0.6) is 0 Å².